The van der Waals surface area contributed by atoms with Crippen LogP contribution in [-0.2, 0) is 0 Å². The standard InChI is InChI=1S/C15H18ClN3/c1-9-7-17-8-11(9)15-18-13-4-2-3-12(16)14(13)19(15)10-5-6-10/h2-4,9-11,17H,5-8H2,1H3. The van der Waals surface area contributed by atoms with Crippen molar-refractivity contribution in [2.24, 2.45) is 5.92 Å². The highest BCUT2D eigenvalue weighted by molar-refractivity contribution is 6.35. The molecule has 1 saturated carbocycles. The van der Waals surface area contributed by atoms with Crippen molar-refractivity contribution in [3.8, 4) is 0 Å². The molecule has 1 aliphatic heterocycles. The van der Waals surface area contributed by atoms with Crippen molar-refractivity contribution in [2.75, 3.05) is 13.1 Å². The molecule has 2 fully saturated rings. The molecular weight excluding hydrogens is 258 g/mol. The van der Waals surface area contributed by atoms with E-state index in [9.17, 15) is 0 Å². The lowest BCUT2D eigenvalue weighted by atomic mass is 9.97. The van der Waals surface area contributed by atoms with Gasteiger partial charge in [-0.05, 0) is 37.4 Å². The maximum Gasteiger partial charge on any atom is 0.114 e. The van der Waals surface area contributed by atoms with Crippen LogP contribution in [0, 0.1) is 5.92 Å². The lowest BCUT2D eigenvalue weighted by Gasteiger charge is -2.16. The molecule has 3 nitrogen and oxygen atoms in total. The van der Waals surface area contributed by atoms with E-state index in [1.165, 1.54) is 18.7 Å². The van der Waals surface area contributed by atoms with Crippen LogP contribution in [0.4, 0.5) is 0 Å². The third-order valence-electron chi connectivity index (χ3n) is 4.45. The van der Waals surface area contributed by atoms with Crippen LogP contribution in [0.25, 0.3) is 11.0 Å². The summed E-state index contributed by atoms with van der Waals surface area (Å²) >= 11 is 6.41. The van der Waals surface area contributed by atoms with Crippen LogP contribution in [-0.4, -0.2) is 22.6 Å². The van der Waals surface area contributed by atoms with Crippen LogP contribution >= 0.6 is 11.6 Å². The fraction of sp³-hybridized carbons (Fsp3) is 0.533. The molecule has 0 amide bonds. The third-order valence-corrected chi connectivity index (χ3v) is 4.75. The third kappa shape index (κ3) is 1.79. The molecule has 0 bridgehead atoms. The zero-order chi connectivity index (χ0) is 13.0. The predicted molar refractivity (Wildman–Crippen MR) is 77.8 cm³/mol. The quantitative estimate of drug-likeness (QED) is 0.911. The zero-order valence-corrected chi connectivity index (χ0v) is 11.8. The highest BCUT2D eigenvalue weighted by Crippen LogP contribution is 2.43. The van der Waals surface area contributed by atoms with E-state index in [2.05, 4.69) is 22.9 Å². The summed E-state index contributed by atoms with van der Waals surface area (Å²) in [5.41, 5.74) is 2.19. The summed E-state index contributed by atoms with van der Waals surface area (Å²) in [5.74, 6) is 2.40. The molecule has 1 aromatic heterocycles. The zero-order valence-electron chi connectivity index (χ0n) is 11.1. The number of benzene rings is 1. The van der Waals surface area contributed by atoms with E-state index in [0.717, 1.165) is 29.1 Å². The Labute approximate surface area is 118 Å². The second-order valence-corrected chi connectivity index (χ2v) is 6.33. The summed E-state index contributed by atoms with van der Waals surface area (Å²) in [5, 5.41) is 4.31. The van der Waals surface area contributed by atoms with Crippen LogP contribution in [0.2, 0.25) is 5.02 Å². The summed E-state index contributed by atoms with van der Waals surface area (Å²) in [6.07, 6.45) is 2.52. The number of nitrogens with one attached hydrogen (secondary N) is 1. The van der Waals surface area contributed by atoms with Gasteiger partial charge in [0.1, 0.15) is 5.82 Å². The topological polar surface area (TPSA) is 29.9 Å². The number of nitrogens with zero attached hydrogens (tertiary/aromatic N) is 2. The maximum absolute atomic E-state index is 6.41. The molecule has 2 aromatic rings. The van der Waals surface area contributed by atoms with E-state index in [4.69, 9.17) is 16.6 Å². The van der Waals surface area contributed by atoms with Gasteiger partial charge in [0.15, 0.2) is 0 Å². The Morgan fingerprint density at radius 2 is 2.16 bits per heavy atom. The molecule has 19 heavy (non-hydrogen) atoms. The highest BCUT2D eigenvalue weighted by Gasteiger charge is 2.35. The number of para-hydroxylation sites is 1. The summed E-state index contributed by atoms with van der Waals surface area (Å²) in [6, 6.07) is 6.67. The molecule has 1 aliphatic carbocycles. The van der Waals surface area contributed by atoms with Crippen molar-refractivity contribution in [3.63, 3.8) is 0 Å². The van der Waals surface area contributed by atoms with Gasteiger partial charge in [-0.2, -0.15) is 0 Å². The molecule has 0 spiro atoms. The Kier molecular flexibility index (Phi) is 2.61. The van der Waals surface area contributed by atoms with E-state index in [-0.39, 0.29) is 0 Å². The van der Waals surface area contributed by atoms with Crippen LogP contribution in [0.1, 0.15) is 37.5 Å². The molecule has 2 heterocycles. The van der Waals surface area contributed by atoms with E-state index in [1.807, 2.05) is 12.1 Å². The van der Waals surface area contributed by atoms with Gasteiger partial charge in [0.05, 0.1) is 16.1 Å². The van der Waals surface area contributed by atoms with Crippen LogP contribution in [0.5, 0.6) is 0 Å². The first kappa shape index (κ1) is 11.7. The SMILES string of the molecule is CC1CNCC1c1nc2cccc(Cl)c2n1C1CC1. The summed E-state index contributed by atoms with van der Waals surface area (Å²) in [7, 11) is 0. The number of hydrogen-bond donors (Lipinski definition) is 1. The number of fused-ring (bicyclic) bond motifs is 1. The maximum atomic E-state index is 6.41. The molecule has 2 aliphatic rings. The molecule has 100 valence electrons. The van der Waals surface area contributed by atoms with Crippen molar-refractivity contribution in [2.45, 2.75) is 31.7 Å². The Balaban J connectivity index is 1.94. The Morgan fingerprint density at radius 3 is 2.84 bits per heavy atom. The predicted octanol–water partition coefficient (Wildman–Crippen LogP) is 3.35. The first-order chi connectivity index (χ1) is 9.25. The molecule has 0 radical (unpaired) electrons. The smallest absolute Gasteiger partial charge is 0.114 e. The number of rotatable bonds is 2. The lowest BCUT2D eigenvalue weighted by molar-refractivity contribution is 0.519. The van der Waals surface area contributed by atoms with Gasteiger partial charge in [0.25, 0.3) is 0 Å². The largest absolute Gasteiger partial charge is 0.323 e. The van der Waals surface area contributed by atoms with E-state index in [0.29, 0.717) is 17.9 Å². The second-order valence-electron chi connectivity index (χ2n) is 5.92. The monoisotopic (exact) mass is 275 g/mol. The van der Waals surface area contributed by atoms with Gasteiger partial charge in [-0.1, -0.05) is 24.6 Å². The minimum atomic E-state index is 0.518. The average molecular weight is 276 g/mol. The first-order valence-corrected chi connectivity index (χ1v) is 7.50. The normalized spacial score (nSPS) is 27.3. The molecule has 1 aromatic carbocycles. The van der Waals surface area contributed by atoms with Crippen molar-refractivity contribution in [1.82, 2.24) is 14.9 Å². The molecular formula is C15H18ClN3. The number of imidazole rings is 1. The van der Waals surface area contributed by atoms with Gasteiger partial charge < -0.3 is 9.88 Å². The average Bonchev–Trinajstić information content (AvgIpc) is 3.02. The number of aromatic nitrogens is 2. The molecule has 4 heteroatoms. The van der Waals surface area contributed by atoms with Crippen molar-refractivity contribution < 1.29 is 0 Å². The first-order valence-electron chi connectivity index (χ1n) is 7.13. The van der Waals surface area contributed by atoms with Crippen molar-refractivity contribution in [1.29, 1.82) is 0 Å². The van der Waals surface area contributed by atoms with Crippen LogP contribution in [0.15, 0.2) is 18.2 Å². The number of halogens is 1. The van der Waals surface area contributed by atoms with E-state index in [1.54, 1.807) is 0 Å². The van der Waals surface area contributed by atoms with Gasteiger partial charge in [0, 0.05) is 18.5 Å². The fourth-order valence-electron chi connectivity index (χ4n) is 3.24. The van der Waals surface area contributed by atoms with E-state index >= 15 is 0 Å². The van der Waals surface area contributed by atoms with E-state index < -0.39 is 0 Å². The molecule has 1 saturated heterocycles. The molecule has 2 atom stereocenters. The van der Waals surface area contributed by atoms with Gasteiger partial charge >= 0.3 is 0 Å². The lowest BCUT2D eigenvalue weighted by Crippen LogP contribution is -2.14. The molecule has 4 rings (SSSR count). The van der Waals surface area contributed by atoms with Gasteiger partial charge in [-0.3, -0.25) is 0 Å². The minimum absolute atomic E-state index is 0.518. The van der Waals surface area contributed by atoms with Gasteiger partial charge in [-0.25, -0.2) is 4.98 Å². The minimum Gasteiger partial charge on any atom is -0.323 e. The summed E-state index contributed by atoms with van der Waals surface area (Å²) in [4.78, 5) is 4.91. The fourth-order valence-corrected chi connectivity index (χ4v) is 3.50. The Morgan fingerprint density at radius 1 is 1.32 bits per heavy atom. The van der Waals surface area contributed by atoms with Crippen molar-refractivity contribution >= 4 is 22.6 Å². The second kappa shape index (κ2) is 4.22. The van der Waals surface area contributed by atoms with Gasteiger partial charge in [-0.15, -0.1) is 0 Å². The molecule has 2 unspecified atom stereocenters. The van der Waals surface area contributed by atoms with Gasteiger partial charge in [0.2, 0.25) is 0 Å². The molecule has 1 N–H and O–H groups in total. The Bertz CT molecular complexity index is 630. The summed E-state index contributed by atoms with van der Waals surface area (Å²) < 4.78 is 2.42. The Hall–Kier alpha value is -1.06. The highest BCUT2D eigenvalue weighted by atomic mass is 35.5. The number of hydrogen-bond acceptors (Lipinski definition) is 2. The van der Waals surface area contributed by atoms with Crippen molar-refractivity contribution in [3.05, 3.63) is 29.0 Å². The summed E-state index contributed by atoms with van der Waals surface area (Å²) in [6.45, 7) is 4.43. The van der Waals surface area contributed by atoms with Crippen LogP contribution < -0.4 is 5.32 Å². The van der Waals surface area contributed by atoms with Crippen LogP contribution in [0.3, 0.4) is 0 Å².